The Morgan fingerprint density at radius 3 is 2.27 bits per heavy atom. The summed E-state index contributed by atoms with van der Waals surface area (Å²) in [5, 5.41) is 11.7. The molecule has 0 saturated heterocycles. The fourth-order valence-corrected chi connectivity index (χ4v) is 2.40. The minimum Gasteiger partial charge on any atom is -0.480 e. The van der Waals surface area contributed by atoms with E-state index < -0.39 is 23.7 Å². The summed E-state index contributed by atoms with van der Waals surface area (Å²) in [6.45, 7) is 5.09. The molecule has 0 heterocycles. The molecule has 0 spiro atoms. The number of carbonyl (C=O) groups excluding carboxylic acids is 1. The Hall–Kier alpha value is -2.89. The highest BCUT2D eigenvalue weighted by Crippen LogP contribution is 2.23. The number of carboxylic acids is 1. The van der Waals surface area contributed by atoms with Crippen LogP contribution >= 0.6 is 0 Å². The number of nitrogens with one attached hydrogen (secondary N) is 1. The van der Waals surface area contributed by atoms with Crippen LogP contribution in [0.1, 0.15) is 26.3 Å². The van der Waals surface area contributed by atoms with Gasteiger partial charge in [-0.1, -0.05) is 42.5 Å². The first kappa shape index (κ1) is 19.4. The molecule has 2 aromatic carbocycles. The molecule has 138 valence electrons. The lowest BCUT2D eigenvalue weighted by molar-refractivity contribution is -0.139. The van der Waals surface area contributed by atoms with Gasteiger partial charge in [-0.3, -0.25) is 0 Å². The first-order chi connectivity index (χ1) is 12.2. The maximum absolute atomic E-state index is 13.8. The van der Waals surface area contributed by atoms with Crippen LogP contribution in [0.3, 0.4) is 0 Å². The zero-order valence-electron chi connectivity index (χ0n) is 15.0. The number of carboxylic acid groups (broad SMARTS) is 1. The van der Waals surface area contributed by atoms with E-state index in [0.717, 1.165) is 0 Å². The maximum atomic E-state index is 13.8. The summed E-state index contributed by atoms with van der Waals surface area (Å²) in [6, 6.07) is 12.2. The molecule has 0 unspecified atom stereocenters. The molecule has 2 aromatic rings. The van der Waals surface area contributed by atoms with E-state index in [1.54, 1.807) is 63.2 Å². The third-order valence-electron chi connectivity index (χ3n) is 3.57. The lowest BCUT2D eigenvalue weighted by atomic mass is 10.0. The van der Waals surface area contributed by atoms with Crippen molar-refractivity contribution in [2.24, 2.45) is 0 Å². The van der Waals surface area contributed by atoms with E-state index in [-0.39, 0.29) is 12.2 Å². The molecule has 0 bridgehead atoms. The summed E-state index contributed by atoms with van der Waals surface area (Å²) < 4.78 is 18.9. The molecule has 6 heteroatoms. The Morgan fingerprint density at radius 1 is 1.12 bits per heavy atom. The van der Waals surface area contributed by atoms with Crippen molar-refractivity contribution < 1.29 is 23.8 Å². The summed E-state index contributed by atoms with van der Waals surface area (Å²) >= 11 is 0. The highest BCUT2D eigenvalue weighted by Gasteiger charge is 2.24. The fourth-order valence-electron chi connectivity index (χ4n) is 2.40. The SMILES string of the molecule is CC(C)(C)OC(=O)N[C@@H](Cc1ccc(-c2ccccc2F)cc1)C(=O)O. The maximum Gasteiger partial charge on any atom is 0.408 e. The van der Waals surface area contributed by atoms with Crippen LogP contribution < -0.4 is 5.32 Å². The molecule has 2 N–H and O–H groups in total. The van der Waals surface area contributed by atoms with Gasteiger partial charge < -0.3 is 15.2 Å². The average molecular weight is 359 g/mol. The number of aliphatic carboxylic acids is 1. The monoisotopic (exact) mass is 359 g/mol. The lowest BCUT2D eigenvalue weighted by Crippen LogP contribution is -2.44. The van der Waals surface area contributed by atoms with Crippen molar-refractivity contribution in [3.05, 3.63) is 59.9 Å². The van der Waals surface area contributed by atoms with Crippen molar-refractivity contribution >= 4 is 12.1 Å². The number of hydrogen-bond donors (Lipinski definition) is 2. The Bertz CT molecular complexity index is 781. The number of carbonyl (C=O) groups is 2. The van der Waals surface area contributed by atoms with E-state index in [9.17, 15) is 19.1 Å². The van der Waals surface area contributed by atoms with E-state index in [2.05, 4.69) is 5.32 Å². The minimum atomic E-state index is -1.16. The third kappa shape index (κ3) is 5.58. The van der Waals surface area contributed by atoms with Gasteiger partial charge in [0.25, 0.3) is 0 Å². The number of ether oxygens (including phenoxy) is 1. The van der Waals surface area contributed by atoms with E-state index in [4.69, 9.17) is 4.74 Å². The van der Waals surface area contributed by atoms with Crippen molar-refractivity contribution in [3.63, 3.8) is 0 Å². The standard InChI is InChI=1S/C20H22FNO4/c1-20(2,3)26-19(25)22-17(18(23)24)12-13-8-10-14(11-9-13)15-6-4-5-7-16(15)21/h4-11,17H,12H2,1-3H3,(H,22,25)(H,23,24)/t17-/m0/s1. The molecule has 0 aliphatic rings. The molecule has 1 amide bonds. The van der Waals surface area contributed by atoms with E-state index in [1.807, 2.05) is 0 Å². The number of halogens is 1. The fraction of sp³-hybridized carbons (Fsp3) is 0.300. The Labute approximate surface area is 151 Å². The average Bonchev–Trinajstić information content (AvgIpc) is 2.54. The van der Waals surface area contributed by atoms with E-state index in [1.165, 1.54) is 6.07 Å². The number of rotatable bonds is 5. The molecule has 2 rings (SSSR count). The molecule has 5 nitrogen and oxygen atoms in total. The zero-order valence-corrected chi connectivity index (χ0v) is 15.0. The second kappa shape index (κ2) is 7.99. The molecule has 0 saturated carbocycles. The smallest absolute Gasteiger partial charge is 0.408 e. The van der Waals surface area contributed by atoms with Crippen LogP contribution in [0.15, 0.2) is 48.5 Å². The normalized spacial score (nSPS) is 12.3. The van der Waals surface area contributed by atoms with E-state index >= 15 is 0 Å². The number of hydrogen-bond acceptors (Lipinski definition) is 3. The lowest BCUT2D eigenvalue weighted by Gasteiger charge is -2.22. The van der Waals surface area contributed by atoms with Crippen molar-refractivity contribution in [1.29, 1.82) is 0 Å². The summed E-state index contributed by atoms with van der Waals surface area (Å²) in [5.41, 5.74) is 1.15. The molecule has 0 aromatic heterocycles. The summed E-state index contributed by atoms with van der Waals surface area (Å²) in [4.78, 5) is 23.2. The molecule has 26 heavy (non-hydrogen) atoms. The molecule has 0 aliphatic carbocycles. The van der Waals surface area contributed by atoms with Gasteiger partial charge in [-0.15, -0.1) is 0 Å². The largest absolute Gasteiger partial charge is 0.480 e. The first-order valence-corrected chi connectivity index (χ1v) is 8.22. The Balaban J connectivity index is 2.09. The van der Waals surface area contributed by atoms with Crippen LogP contribution in [0.2, 0.25) is 0 Å². The van der Waals surface area contributed by atoms with Gasteiger partial charge in [0, 0.05) is 12.0 Å². The minimum absolute atomic E-state index is 0.0894. The highest BCUT2D eigenvalue weighted by atomic mass is 19.1. The van der Waals surface area contributed by atoms with Gasteiger partial charge in [-0.2, -0.15) is 0 Å². The van der Waals surface area contributed by atoms with Gasteiger partial charge in [-0.25, -0.2) is 14.0 Å². The number of alkyl carbamates (subject to hydrolysis) is 1. The van der Waals surface area contributed by atoms with Gasteiger partial charge in [0.15, 0.2) is 0 Å². The van der Waals surface area contributed by atoms with Gasteiger partial charge in [0.05, 0.1) is 0 Å². The van der Waals surface area contributed by atoms with Crippen molar-refractivity contribution in [3.8, 4) is 11.1 Å². The van der Waals surface area contributed by atoms with E-state index in [0.29, 0.717) is 16.7 Å². The van der Waals surface area contributed by atoms with Crippen LogP contribution in [-0.2, 0) is 16.0 Å². The number of amides is 1. The van der Waals surface area contributed by atoms with Crippen LogP contribution in [0.4, 0.5) is 9.18 Å². The molecule has 0 aliphatic heterocycles. The van der Waals surface area contributed by atoms with Crippen molar-refractivity contribution in [2.75, 3.05) is 0 Å². The van der Waals surface area contributed by atoms with Gasteiger partial charge in [0.1, 0.15) is 17.5 Å². The first-order valence-electron chi connectivity index (χ1n) is 8.22. The Morgan fingerprint density at radius 2 is 1.73 bits per heavy atom. The predicted molar refractivity (Wildman–Crippen MR) is 96.3 cm³/mol. The second-order valence-corrected chi connectivity index (χ2v) is 6.92. The van der Waals surface area contributed by atoms with Crippen molar-refractivity contribution in [1.82, 2.24) is 5.32 Å². The predicted octanol–water partition coefficient (Wildman–Crippen LogP) is 4.01. The highest BCUT2D eigenvalue weighted by molar-refractivity contribution is 5.80. The van der Waals surface area contributed by atoms with Gasteiger partial charge in [-0.05, 0) is 38.0 Å². The third-order valence-corrected chi connectivity index (χ3v) is 3.57. The van der Waals surface area contributed by atoms with Crippen LogP contribution in [0.25, 0.3) is 11.1 Å². The van der Waals surface area contributed by atoms with Crippen molar-refractivity contribution in [2.45, 2.75) is 38.8 Å². The summed E-state index contributed by atoms with van der Waals surface area (Å²) in [5.74, 6) is -1.48. The molecular weight excluding hydrogens is 337 g/mol. The Kier molecular flexibility index (Phi) is 5.97. The number of benzene rings is 2. The quantitative estimate of drug-likeness (QED) is 0.846. The van der Waals surface area contributed by atoms with Gasteiger partial charge in [0.2, 0.25) is 0 Å². The van der Waals surface area contributed by atoms with Crippen LogP contribution in [0, 0.1) is 5.82 Å². The molecular formula is C20H22FNO4. The second-order valence-electron chi connectivity index (χ2n) is 6.92. The molecule has 1 atom stereocenters. The molecule has 0 radical (unpaired) electrons. The van der Waals surface area contributed by atoms with Crippen LogP contribution in [-0.4, -0.2) is 28.8 Å². The topological polar surface area (TPSA) is 75.6 Å². The summed E-state index contributed by atoms with van der Waals surface area (Å²) in [6.07, 6.45) is -0.695. The van der Waals surface area contributed by atoms with Gasteiger partial charge >= 0.3 is 12.1 Å². The zero-order chi connectivity index (χ0) is 19.3. The molecule has 0 fully saturated rings. The summed E-state index contributed by atoms with van der Waals surface area (Å²) in [7, 11) is 0. The van der Waals surface area contributed by atoms with Crippen LogP contribution in [0.5, 0.6) is 0 Å².